The Labute approximate surface area is 108 Å². The van der Waals surface area contributed by atoms with Crippen molar-refractivity contribution in [2.45, 2.75) is 25.3 Å². The van der Waals surface area contributed by atoms with Crippen LogP contribution in [0.5, 0.6) is 0 Å². The van der Waals surface area contributed by atoms with Crippen LogP contribution in [0.1, 0.15) is 19.3 Å². The third-order valence-electron chi connectivity index (χ3n) is 3.51. The van der Waals surface area contributed by atoms with Crippen LogP contribution >= 0.6 is 0 Å². The molecule has 2 fully saturated rings. The van der Waals surface area contributed by atoms with Crippen LogP contribution in [0.25, 0.3) is 0 Å². The Hall–Kier alpha value is -1.14. The van der Waals surface area contributed by atoms with Gasteiger partial charge in [-0.2, -0.15) is 0 Å². The number of nitrogens with one attached hydrogen (secondary N) is 2. The van der Waals surface area contributed by atoms with E-state index < -0.39 is 0 Å². The highest BCUT2D eigenvalue weighted by molar-refractivity contribution is 5.96. The minimum absolute atomic E-state index is 0.108. The van der Waals surface area contributed by atoms with Gasteiger partial charge in [0.25, 0.3) is 0 Å². The van der Waals surface area contributed by atoms with Crippen LogP contribution in [-0.2, 0) is 4.79 Å². The second-order valence-corrected chi connectivity index (χ2v) is 5.12. The van der Waals surface area contributed by atoms with E-state index in [0.29, 0.717) is 25.7 Å². The number of nitrogens with zero attached hydrogens (tertiary/aromatic N) is 2. The van der Waals surface area contributed by atoms with E-state index in [-0.39, 0.29) is 11.9 Å². The highest BCUT2D eigenvalue weighted by Gasteiger charge is 2.27. The molecule has 0 aliphatic carbocycles. The van der Waals surface area contributed by atoms with Crippen LogP contribution in [0.15, 0.2) is 0 Å². The van der Waals surface area contributed by atoms with Crippen molar-refractivity contribution in [2.75, 3.05) is 39.8 Å². The first-order chi connectivity index (χ1) is 8.66. The van der Waals surface area contributed by atoms with Crippen molar-refractivity contribution in [1.82, 2.24) is 20.4 Å². The molecule has 102 valence electrons. The molecule has 2 saturated heterocycles. The van der Waals surface area contributed by atoms with E-state index in [1.807, 2.05) is 11.9 Å². The second-order valence-electron chi connectivity index (χ2n) is 5.12. The van der Waals surface area contributed by atoms with E-state index in [0.717, 1.165) is 13.1 Å². The third kappa shape index (κ3) is 3.43. The summed E-state index contributed by atoms with van der Waals surface area (Å²) >= 11 is 0. The molecule has 6 nitrogen and oxygen atoms in total. The molecular weight excluding hydrogens is 232 g/mol. The highest BCUT2D eigenvalue weighted by Crippen LogP contribution is 2.08. The van der Waals surface area contributed by atoms with E-state index >= 15 is 0 Å². The number of likely N-dealkylation sites (N-methyl/N-ethyl adjacent to an activating group) is 1. The summed E-state index contributed by atoms with van der Waals surface area (Å²) in [6.07, 6.45) is 3.67. The van der Waals surface area contributed by atoms with Gasteiger partial charge >= 0.3 is 6.03 Å². The zero-order valence-corrected chi connectivity index (χ0v) is 10.9. The van der Waals surface area contributed by atoms with Gasteiger partial charge in [-0.05, 0) is 26.4 Å². The molecule has 0 aromatic heterocycles. The minimum atomic E-state index is -0.260. The Balaban J connectivity index is 1.74. The summed E-state index contributed by atoms with van der Waals surface area (Å²) in [5.74, 6) is -0.108. The lowest BCUT2D eigenvalue weighted by Crippen LogP contribution is -2.46. The zero-order chi connectivity index (χ0) is 13.0. The van der Waals surface area contributed by atoms with E-state index in [1.165, 1.54) is 24.2 Å². The maximum absolute atomic E-state index is 11.9. The normalized spacial score (nSPS) is 24.4. The molecule has 0 aromatic rings. The average Bonchev–Trinajstić information content (AvgIpc) is 2.76. The topological polar surface area (TPSA) is 64.7 Å². The summed E-state index contributed by atoms with van der Waals surface area (Å²) < 4.78 is 0. The van der Waals surface area contributed by atoms with Gasteiger partial charge in [0.15, 0.2) is 0 Å². The van der Waals surface area contributed by atoms with Gasteiger partial charge in [-0.3, -0.25) is 14.6 Å². The van der Waals surface area contributed by atoms with Crippen LogP contribution in [0, 0.1) is 0 Å². The molecule has 1 atom stereocenters. The number of imide groups is 1. The fourth-order valence-corrected chi connectivity index (χ4v) is 2.55. The second kappa shape index (κ2) is 6.15. The SMILES string of the molecule is CN(CC(=O)N1CCNC1=O)CC1CCCCN1. The largest absolute Gasteiger partial charge is 0.336 e. The fourth-order valence-electron chi connectivity index (χ4n) is 2.55. The molecule has 18 heavy (non-hydrogen) atoms. The standard InChI is InChI=1S/C12H22N4O2/c1-15(8-10-4-2-3-5-13-10)9-11(17)16-7-6-14-12(16)18/h10,13H,2-9H2,1H3,(H,14,18). The van der Waals surface area contributed by atoms with Crippen molar-refractivity contribution in [3.05, 3.63) is 0 Å². The van der Waals surface area contributed by atoms with Gasteiger partial charge in [-0.25, -0.2) is 4.79 Å². The maximum Gasteiger partial charge on any atom is 0.324 e. The Kier molecular flexibility index (Phi) is 4.54. The predicted molar refractivity (Wildman–Crippen MR) is 68.3 cm³/mol. The van der Waals surface area contributed by atoms with Crippen LogP contribution < -0.4 is 10.6 Å². The van der Waals surface area contributed by atoms with Gasteiger partial charge in [-0.15, -0.1) is 0 Å². The van der Waals surface area contributed by atoms with Crippen LogP contribution in [0.2, 0.25) is 0 Å². The molecule has 2 rings (SSSR count). The van der Waals surface area contributed by atoms with E-state index in [2.05, 4.69) is 10.6 Å². The first-order valence-electron chi connectivity index (χ1n) is 6.67. The van der Waals surface area contributed by atoms with Crippen molar-refractivity contribution < 1.29 is 9.59 Å². The Morgan fingerprint density at radius 3 is 2.89 bits per heavy atom. The molecule has 1 unspecified atom stereocenters. The van der Waals surface area contributed by atoms with Gasteiger partial charge in [0.2, 0.25) is 5.91 Å². The summed E-state index contributed by atoms with van der Waals surface area (Å²) in [7, 11) is 1.93. The van der Waals surface area contributed by atoms with Crippen molar-refractivity contribution in [3.8, 4) is 0 Å². The lowest BCUT2D eigenvalue weighted by Gasteiger charge is -2.28. The zero-order valence-electron chi connectivity index (χ0n) is 10.9. The molecule has 0 bridgehead atoms. The predicted octanol–water partition coefficient (Wildman–Crippen LogP) is -0.388. The summed E-state index contributed by atoms with van der Waals surface area (Å²) in [6.45, 7) is 3.30. The van der Waals surface area contributed by atoms with Crippen LogP contribution in [0.3, 0.4) is 0 Å². The maximum atomic E-state index is 11.9. The molecule has 6 heteroatoms. The molecule has 0 saturated carbocycles. The first kappa shape index (κ1) is 13.3. The summed E-state index contributed by atoms with van der Waals surface area (Å²) in [4.78, 5) is 26.6. The van der Waals surface area contributed by atoms with Gasteiger partial charge in [-0.1, -0.05) is 6.42 Å². The first-order valence-corrected chi connectivity index (χ1v) is 6.67. The Bertz CT molecular complexity index is 315. The molecule has 0 aromatic carbocycles. The summed E-state index contributed by atoms with van der Waals surface area (Å²) in [5, 5.41) is 6.10. The van der Waals surface area contributed by atoms with Gasteiger partial charge in [0.1, 0.15) is 0 Å². The third-order valence-corrected chi connectivity index (χ3v) is 3.51. The summed E-state index contributed by atoms with van der Waals surface area (Å²) in [6, 6.07) is 0.216. The Morgan fingerprint density at radius 2 is 2.28 bits per heavy atom. The molecule has 2 aliphatic rings. The average molecular weight is 254 g/mol. The van der Waals surface area contributed by atoms with Gasteiger partial charge in [0.05, 0.1) is 6.54 Å². The smallest absolute Gasteiger partial charge is 0.324 e. The number of amides is 3. The van der Waals surface area contributed by atoms with Crippen molar-refractivity contribution in [1.29, 1.82) is 0 Å². The number of hydrogen-bond donors (Lipinski definition) is 2. The van der Waals surface area contributed by atoms with Gasteiger partial charge in [0, 0.05) is 25.7 Å². The number of urea groups is 1. The van der Waals surface area contributed by atoms with Crippen molar-refractivity contribution >= 4 is 11.9 Å². The van der Waals surface area contributed by atoms with Crippen molar-refractivity contribution in [2.24, 2.45) is 0 Å². The lowest BCUT2D eigenvalue weighted by atomic mass is 10.0. The molecule has 2 aliphatic heterocycles. The quantitative estimate of drug-likeness (QED) is 0.717. The highest BCUT2D eigenvalue weighted by atomic mass is 16.2. The van der Waals surface area contributed by atoms with Crippen molar-refractivity contribution in [3.63, 3.8) is 0 Å². The van der Waals surface area contributed by atoms with Crippen LogP contribution in [0.4, 0.5) is 4.79 Å². The fraction of sp³-hybridized carbons (Fsp3) is 0.833. The number of carbonyl (C=O) groups excluding carboxylic acids is 2. The monoisotopic (exact) mass is 254 g/mol. The van der Waals surface area contributed by atoms with E-state index in [1.54, 1.807) is 0 Å². The van der Waals surface area contributed by atoms with E-state index in [4.69, 9.17) is 0 Å². The lowest BCUT2D eigenvalue weighted by molar-refractivity contribution is -0.128. The van der Waals surface area contributed by atoms with E-state index in [9.17, 15) is 9.59 Å². The number of rotatable bonds is 4. The molecule has 3 amide bonds. The van der Waals surface area contributed by atoms with Gasteiger partial charge < -0.3 is 10.6 Å². The summed E-state index contributed by atoms with van der Waals surface area (Å²) in [5.41, 5.74) is 0. The number of carbonyl (C=O) groups is 2. The molecular formula is C12H22N4O2. The molecule has 0 spiro atoms. The van der Waals surface area contributed by atoms with Crippen LogP contribution in [-0.4, -0.2) is 67.6 Å². The number of hydrogen-bond acceptors (Lipinski definition) is 4. The Morgan fingerprint density at radius 1 is 1.44 bits per heavy atom. The number of piperidine rings is 1. The minimum Gasteiger partial charge on any atom is -0.336 e. The molecule has 2 N–H and O–H groups in total. The molecule has 0 radical (unpaired) electrons. The molecule has 2 heterocycles.